The average molecular weight is 407 g/mol. The molecule has 1 aliphatic rings. The minimum absolute atomic E-state index is 0.0284. The highest BCUT2D eigenvalue weighted by Crippen LogP contribution is 2.36. The molecule has 1 amide bonds. The first-order valence-corrected chi connectivity index (χ1v) is 9.59. The summed E-state index contributed by atoms with van der Waals surface area (Å²) < 4.78 is 5.33. The maximum atomic E-state index is 12.0. The fourth-order valence-corrected chi connectivity index (χ4v) is 3.80. The van der Waals surface area contributed by atoms with Crippen LogP contribution in [0.4, 0.5) is 11.4 Å². The number of carbonyl (C=O) groups excluding carboxylic acids is 1. The highest BCUT2D eigenvalue weighted by molar-refractivity contribution is 6.32. The zero-order chi connectivity index (χ0) is 20.5. The highest BCUT2D eigenvalue weighted by Gasteiger charge is 2.24. The lowest BCUT2D eigenvalue weighted by molar-refractivity contribution is -0.129. The van der Waals surface area contributed by atoms with Crippen LogP contribution in [-0.2, 0) is 17.8 Å². The summed E-state index contributed by atoms with van der Waals surface area (Å²) in [5, 5.41) is 14.2. The molecule has 0 bridgehead atoms. The van der Waals surface area contributed by atoms with Crippen LogP contribution >= 0.6 is 11.6 Å². The van der Waals surface area contributed by atoms with E-state index in [0.29, 0.717) is 35.8 Å². The van der Waals surface area contributed by atoms with Crippen molar-refractivity contribution >= 4 is 39.8 Å². The van der Waals surface area contributed by atoms with Crippen molar-refractivity contribution in [3.63, 3.8) is 0 Å². The quantitative estimate of drug-likeness (QED) is 0.696. The van der Waals surface area contributed by atoms with Gasteiger partial charge in [-0.2, -0.15) is 5.26 Å². The number of amides is 1. The topological polar surface area (TPSA) is 78.2 Å². The molecule has 2 heterocycles. The average Bonchev–Trinajstić information content (AvgIpc) is 2.74. The number of nitrogens with zero attached hydrogens (tertiary/aromatic N) is 3. The van der Waals surface area contributed by atoms with Gasteiger partial charge in [-0.1, -0.05) is 11.6 Å². The number of rotatable bonds is 3. The van der Waals surface area contributed by atoms with Gasteiger partial charge in [-0.05, 0) is 30.3 Å². The molecule has 0 fully saturated rings. The number of aromatic nitrogens is 1. The van der Waals surface area contributed by atoms with E-state index in [0.717, 1.165) is 33.5 Å². The van der Waals surface area contributed by atoms with Crippen molar-refractivity contribution in [1.82, 2.24) is 9.88 Å². The Bertz CT molecular complexity index is 1170. The Morgan fingerprint density at radius 1 is 1.31 bits per heavy atom. The minimum atomic E-state index is 0.0284. The van der Waals surface area contributed by atoms with E-state index in [1.165, 1.54) is 0 Å². The lowest BCUT2D eigenvalue weighted by Gasteiger charge is -2.30. The fourth-order valence-electron chi connectivity index (χ4n) is 3.60. The summed E-state index contributed by atoms with van der Waals surface area (Å²) in [5.41, 5.74) is 4.92. The number of hydrogen-bond donors (Lipinski definition) is 1. The number of nitrogens with one attached hydrogen (secondary N) is 1. The Balaban J connectivity index is 1.90. The normalized spacial score (nSPS) is 13.0. The third kappa shape index (κ3) is 3.57. The van der Waals surface area contributed by atoms with Crippen LogP contribution in [0.2, 0.25) is 5.02 Å². The molecule has 0 saturated heterocycles. The zero-order valence-electron chi connectivity index (χ0n) is 16.1. The Hall–Kier alpha value is -3.30. The molecule has 0 unspecified atom stereocenters. The van der Waals surface area contributed by atoms with Gasteiger partial charge in [0.25, 0.3) is 0 Å². The molecular weight excluding hydrogens is 388 g/mol. The van der Waals surface area contributed by atoms with Crippen molar-refractivity contribution in [2.24, 2.45) is 0 Å². The van der Waals surface area contributed by atoms with Crippen LogP contribution in [0.25, 0.3) is 10.9 Å². The monoisotopic (exact) mass is 406 g/mol. The number of pyridine rings is 1. The third-order valence-corrected chi connectivity index (χ3v) is 5.45. The standard InChI is InChI=1S/C22H19ClN4O2/c1-13(28)27-8-7-20-17(12-27)22(16-9-14(11-24)3-6-19(16)26-20)25-15-4-5-18(23)21(10-15)29-2/h3-6,9-10H,7-8,12H2,1-2H3,(H,25,26). The second-order valence-corrected chi connectivity index (χ2v) is 7.33. The molecule has 0 spiro atoms. The predicted molar refractivity (Wildman–Crippen MR) is 113 cm³/mol. The zero-order valence-corrected chi connectivity index (χ0v) is 16.9. The first-order valence-electron chi connectivity index (χ1n) is 9.22. The Labute approximate surface area is 173 Å². The second kappa shape index (κ2) is 7.61. The molecule has 0 atom stereocenters. The number of nitriles is 1. The van der Waals surface area contributed by atoms with E-state index in [1.807, 2.05) is 24.3 Å². The van der Waals surface area contributed by atoms with Gasteiger partial charge in [-0.15, -0.1) is 0 Å². The van der Waals surface area contributed by atoms with E-state index in [2.05, 4.69) is 11.4 Å². The lowest BCUT2D eigenvalue weighted by atomic mass is 9.98. The van der Waals surface area contributed by atoms with Crippen LogP contribution in [0, 0.1) is 11.3 Å². The number of halogens is 1. The molecule has 29 heavy (non-hydrogen) atoms. The van der Waals surface area contributed by atoms with Crippen LogP contribution in [0.1, 0.15) is 23.7 Å². The molecule has 146 valence electrons. The summed E-state index contributed by atoms with van der Waals surface area (Å²) in [7, 11) is 1.57. The fraction of sp³-hybridized carbons (Fsp3) is 0.227. The summed E-state index contributed by atoms with van der Waals surface area (Å²) in [4.78, 5) is 18.6. The van der Waals surface area contributed by atoms with E-state index in [4.69, 9.17) is 21.3 Å². The highest BCUT2D eigenvalue weighted by atomic mass is 35.5. The molecule has 6 nitrogen and oxygen atoms in total. The van der Waals surface area contributed by atoms with Crippen LogP contribution in [0.15, 0.2) is 36.4 Å². The number of carbonyl (C=O) groups is 1. The largest absolute Gasteiger partial charge is 0.495 e. The van der Waals surface area contributed by atoms with Gasteiger partial charge in [0.1, 0.15) is 5.75 Å². The molecule has 3 aromatic rings. The molecular formula is C22H19ClN4O2. The number of anilines is 2. The first-order chi connectivity index (χ1) is 14.0. The molecule has 1 N–H and O–H groups in total. The van der Waals surface area contributed by atoms with Crippen LogP contribution in [0.3, 0.4) is 0 Å². The molecule has 0 radical (unpaired) electrons. The Morgan fingerprint density at radius 2 is 2.14 bits per heavy atom. The van der Waals surface area contributed by atoms with Crippen LogP contribution < -0.4 is 10.1 Å². The molecule has 2 aromatic carbocycles. The summed E-state index contributed by atoms with van der Waals surface area (Å²) >= 11 is 6.16. The van der Waals surface area contributed by atoms with E-state index in [1.54, 1.807) is 31.1 Å². The van der Waals surface area contributed by atoms with Crippen molar-refractivity contribution in [2.75, 3.05) is 19.0 Å². The maximum Gasteiger partial charge on any atom is 0.219 e. The van der Waals surface area contributed by atoms with Gasteiger partial charge in [0.15, 0.2) is 0 Å². The summed E-state index contributed by atoms with van der Waals surface area (Å²) in [6, 6.07) is 13.1. The van der Waals surface area contributed by atoms with Crippen LogP contribution in [-0.4, -0.2) is 29.4 Å². The van der Waals surface area contributed by atoms with Gasteiger partial charge in [0, 0.05) is 54.8 Å². The third-order valence-electron chi connectivity index (χ3n) is 5.13. The molecule has 4 rings (SSSR count). The Kier molecular flexibility index (Phi) is 4.99. The molecule has 1 aromatic heterocycles. The minimum Gasteiger partial charge on any atom is -0.495 e. The van der Waals surface area contributed by atoms with Crippen molar-refractivity contribution in [2.45, 2.75) is 19.9 Å². The molecule has 0 saturated carbocycles. The summed E-state index contributed by atoms with van der Waals surface area (Å²) in [6.07, 6.45) is 0.684. The van der Waals surface area contributed by atoms with E-state index in [9.17, 15) is 10.1 Å². The van der Waals surface area contributed by atoms with Crippen molar-refractivity contribution < 1.29 is 9.53 Å². The predicted octanol–water partition coefficient (Wildman–Crippen LogP) is 4.42. The van der Waals surface area contributed by atoms with Crippen molar-refractivity contribution in [3.05, 3.63) is 58.2 Å². The van der Waals surface area contributed by atoms with Gasteiger partial charge in [-0.3, -0.25) is 9.78 Å². The van der Waals surface area contributed by atoms with Crippen molar-refractivity contribution in [1.29, 1.82) is 5.26 Å². The number of benzene rings is 2. The number of fused-ring (bicyclic) bond motifs is 2. The van der Waals surface area contributed by atoms with Crippen LogP contribution in [0.5, 0.6) is 5.75 Å². The van der Waals surface area contributed by atoms with Crippen molar-refractivity contribution in [3.8, 4) is 11.8 Å². The van der Waals surface area contributed by atoms with E-state index >= 15 is 0 Å². The number of hydrogen-bond acceptors (Lipinski definition) is 5. The van der Waals surface area contributed by atoms with E-state index < -0.39 is 0 Å². The summed E-state index contributed by atoms with van der Waals surface area (Å²) in [5.74, 6) is 0.590. The van der Waals surface area contributed by atoms with Gasteiger partial charge in [0.2, 0.25) is 5.91 Å². The van der Waals surface area contributed by atoms with Gasteiger partial charge < -0.3 is 15.0 Å². The molecule has 0 aliphatic carbocycles. The second-order valence-electron chi connectivity index (χ2n) is 6.92. The molecule has 1 aliphatic heterocycles. The first kappa shape index (κ1) is 19.0. The SMILES string of the molecule is COc1cc(Nc2c3c(nc4ccc(C#N)cc24)CCN(C(C)=O)C3)ccc1Cl. The molecule has 7 heteroatoms. The van der Waals surface area contributed by atoms with Gasteiger partial charge >= 0.3 is 0 Å². The lowest BCUT2D eigenvalue weighted by Crippen LogP contribution is -2.35. The summed E-state index contributed by atoms with van der Waals surface area (Å²) in [6.45, 7) is 2.69. The number of ether oxygens (including phenoxy) is 1. The Morgan fingerprint density at radius 3 is 2.86 bits per heavy atom. The van der Waals surface area contributed by atoms with Gasteiger partial charge in [-0.25, -0.2) is 0 Å². The smallest absolute Gasteiger partial charge is 0.219 e. The van der Waals surface area contributed by atoms with E-state index in [-0.39, 0.29) is 5.91 Å². The van der Waals surface area contributed by atoms with Gasteiger partial charge in [0.05, 0.1) is 35.0 Å². The number of methoxy groups -OCH3 is 1. The maximum absolute atomic E-state index is 12.0.